The first kappa shape index (κ1) is 11.6. The largest absolute Gasteiger partial charge is 0.381 e. The molecule has 0 radical (unpaired) electrons. The van der Waals surface area contributed by atoms with Crippen LogP contribution in [0.2, 0.25) is 0 Å². The normalized spacial score (nSPS) is 24.0. The van der Waals surface area contributed by atoms with Gasteiger partial charge < -0.3 is 9.64 Å². The molecule has 1 saturated heterocycles. The van der Waals surface area contributed by atoms with Gasteiger partial charge in [-0.05, 0) is 5.56 Å². The lowest BCUT2D eigenvalue weighted by atomic mass is 9.89. The van der Waals surface area contributed by atoms with Crippen LogP contribution in [0.15, 0.2) is 30.3 Å². The van der Waals surface area contributed by atoms with Gasteiger partial charge in [-0.1, -0.05) is 30.3 Å². The first-order valence-corrected chi connectivity index (χ1v) is 5.26. The summed E-state index contributed by atoms with van der Waals surface area (Å²) in [6, 6.07) is 8.74. The summed E-state index contributed by atoms with van der Waals surface area (Å²) < 4.78 is 5.12. The Balaban J connectivity index is 2.53. The third-order valence-electron chi connectivity index (χ3n) is 3.08. The van der Waals surface area contributed by atoms with Gasteiger partial charge in [0, 0.05) is 14.2 Å². The van der Waals surface area contributed by atoms with Crippen LogP contribution in [0, 0.1) is 0 Å². The van der Waals surface area contributed by atoms with E-state index in [0.29, 0.717) is 0 Å². The molecule has 0 spiro atoms. The number of likely N-dealkylation sites (N-methyl/N-ethyl adjacent to an activating group) is 1. The SMILES string of the molecule is COCC1(c2ccccc2)C(=O)NC(=O)N1C. The third kappa shape index (κ3) is 1.59. The fourth-order valence-electron chi connectivity index (χ4n) is 2.10. The molecule has 1 aliphatic rings. The molecule has 0 aliphatic carbocycles. The number of methoxy groups -OCH3 is 1. The van der Waals surface area contributed by atoms with Crippen LogP contribution in [0.1, 0.15) is 5.56 Å². The number of amides is 3. The van der Waals surface area contributed by atoms with Crippen LogP contribution in [0.3, 0.4) is 0 Å². The summed E-state index contributed by atoms with van der Waals surface area (Å²) in [5.74, 6) is -0.349. The number of carbonyl (C=O) groups is 2. The van der Waals surface area contributed by atoms with E-state index in [1.165, 1.54) is 12.0 Å². The van der Waals surface area contributed by atoms with Crippen LogP contribution in [0.5, 0.6) is 0 Å². The fraction of sp³-hybridized carbons (Fsp3) is 0.333. The molecular weight excluding hydrogens is 220 g/mol. The van der Waals surface area contributed by atoms with Gasteiger partial charge in [0.2, 0.25) is 0 Å². The lowest BCUT2D eigenvalue weighted by molar-refractivity contribution is -0.129. The quantitative estimate of drug-likeness (QED) is 0.783. The average molecular weight is 234 g/mol. The van der Waals surface area contributed by atoms with Gasteiger partial charge in [0.1, 0.15) is 0 Å². The molecule has 1 unspecified atom stereocenters. The molecule has 1 N–H and O–H groups in total. The molecule has 17 heavy (non-hydrogen) atoms. The van der Waals surface area contributed by atoms with Gasteiger partial charge in [0.15, 0.2) is 5.54 Å². The number of hydrogen-bond donors (Lipinski definition) is 1. The highest BCUT2D eigenvalue weighted by Crippen LogP contribution is 2.32. The number of ether oxygens (including phenoxy) is 1. The number of nitrogens with one attached hydrogen (secondary N) is 1. The molecule has 0 aromatic heterocycles. The molecule has 2 rings (SSSR count). The van der Waals surface area contributed by atoms with Gasteiger partial charge in [0.05, 0.1) is 6.61 Å². The third-order valence-corrected chi connectivity index (χ3v) is 3.08. The first-order valence-electron chi connectivity index (χ1n) is 5.26. The van der Waals surface area contributed by atoms with Crippen molar-refractivity contribution >= 4 is 11.9 Å². The molecule has 0 saturated carbocycles. The lowest BCUT2D eigenvalue weighted by Gasteiger charge is -2.32. The fourth-order valence-corrected chi connectivity index (χ4v) is 2.10. The maximum atomic E-state index is 12.1. The number of urea groups is 1. The Hall–Kier alpha value is -1.88. The highest BCUT2D eigenvalue weighted by Gasteiger charge is 2.52. The highest BCUT2D eigenvalue weighted by molar-refractivity contribution is 6.07. The average Bonchev–Trinajstić information content (AvgIpc) is 2.55. The van der Waals surface area contributed by atoms with E-state index >= 15 is 0 Å². The predicted octanol–water partition coefficient (Wildman–Crippen LogP) is 0.710. The van der Waals surface area contributed by atoms with E-state index in [4.69, 9.17) is 4.74 Å². The van der Waals surface area contributed by atoms with Crippen LogP contribution in [0.4, 0.5) is 4.79 Å². The van der Waals surface area contributed by atoms with E-state index in [0.717, 1.165) is 5.56 Å². The zero-order valence-corrected chi connectivity index (χ0v) is 9.77. The summed E-state index contributed by atoms with van der Waals surface area (Å²) in [5.41, 5.74) is -0.319. The summed E-state index contributed by atoms with van der Waals surface area (Å²) in [5, 5.41) is 2.31. The number of carbonyl (C=O) groups excluding carboxylic acids is 2. The summed E-state index contributed by atoms with van der Waals surface area (Å²) in [6.07, 6.45) is 0. The Morgan fingerprint density at radius 2 is 1.94 bits per heavy atom. The first-order chi connectivity index (χ1) is 8.13. The van der Waals surface area contributed by atoms with E-state index in [9.17, 15) is 9.59 Å². The summed E-state index contributed by atoms with van der Waals surface area (Å²) in [7, 11) is 3.10. The van der Waals surface area contributed by atoms with Crippen molar-refractivity contribution in [1.29, 1.82) is 0 Å². The molecule has 5 heteroatoms. The summed E-state index contributed by atoms with van der Waals surface area (Å²) in [4.78, 5) is 25.0. The monoisotopic (exact) mass is 234 g/mol. The molecule has 1 aromatic carbocycles. The van der Waals surface area contributed by atoms with Crippen LogP contribution >= 0.6 is 0 Å². The standard InChI is InChI=1S/C12H14N2O3/c1-14-11(16)13-10(15)12(14,8-17-2)9-6-4-3-5-7-9/h3-7H,8H2,1-2H3,(H,13,15,16). The van der Waals surface area contributed by atoms with Gasteiger partial charge in [-0.15, -0.1) is 0 Å². The second kappa shape index (κ2) is 4.18. The minimum atomic E-state index is -1.06. The smallest absolute Gasteiger partial charge is 0.325 e. The van der Waals surface area contributed by atoms with E-state index in [-0.39, 0.29) is 12.5 Å². The molecule has 1 aliphatic heterocycles. The van der Waals surface area contributed by atoms with Gasteiger partial charge in [-0.25, -0.2) is 4.79 Å². The Labute approximate surface area is 99.4 Å². The Kier molecular flexibility index (Phi) is 2.85. The molecule has 1 aromatic rings. The minimum absolute atomic E-state index is 0.130. The van der Waals surface area contributed by atoms with E-state index in [1.807, 2.05) is 30.3 Å². The van der Waals surface area contributed by atoms with Crippen molar-refractivity contribution in [3.8, 4) is 0 Å². The number of imide groups is 1. The second-order valence-corrected chi connectivity index (χ2v) is 3.98. The summed E-state index contributed by atoms with van der Waals surface area (Å²) >= 11 is 0. The zero-order chi connectivity index (χ0) is 12.5. The maximum absolute atomic E-state index is 12.1. The van der Waals surface area contributed by atoms with Crippen LogP contribution < -0.4 is 5.32 Å². The Morgan fingerprint density at radius 1 is 1.29 bits per heavy atom. The van der Waals surface area contributed by atoms with Gasteiger partial charge in [-0.3, -0.25) is 10.1 Å². The maximum Gasteiger partial charge on any atom is 0.325 e. The number of nitrogens with zero attached hydrogens (tertiary/aromatic N) is 1. The van der Waals surface area contributed by atoms with Gasteiger partial charge in [0.25, 0.3) is 5.91 Å². The second-order valence-electron chi connectivity index (χ2n) is 3.98. The van der Waals surface area contributed by atoms with Crippen LogP contribution in [0.25, 0.3) is 0 Å². The number of rotatable bonds is 3. The van der Waals surface area contributed by atoms with Crippen molar-refractivity contribution in [1.82, 2.24) is 10.2 Å². The van der Waals surface area contributed by atoms with E-state index < -0.39 is 11.6 Å². The molecular formula is C12H14N2O3. The van der Waals surface area contributed by atoms with E-state index in [2.05, 4.69) is 5.32 Å². The Bertz CT molecular complexity index is 446. The number of hydrogen-bond acceptors (Lipinski definition) is 3. The lowest BCUT2D eigenvalue weighted by Crippen LogP contribution is -2.48. The van der Waals surface area contributed by atoms with E-state index in [1.54, 1.807) is 7.05 Å². The van der Waals surface area contributed by atoms with Crippen LogP contribution in [-0.2, 0) is 15.1 Å². The molecule has 3 amide bonds. The molecule has 1 atom stereocenters. The zero-order valence-electron chi connectivity index (χ0n) is 9.77. The van der Waals surface area contributed by atoms with Crippen molar-refractivity contribution < 1.29 is 14.3 Å². The van der Waals surface area contributed by atoms with Crippen LogP contribution in [-0.4, -0.2) is 37.6 Å². The van der Waals surface area contributed by atoms with Crippen molar-refractivity contribution in [3.05, 3.63) is 35.9 Å². The predicted molar refractivity (Wildman–Crippen MR) is 61.3 cm³/mol. The topological polar surface area (TPSA) is 58.6 Å². The minimum Gasteiger partial charge on any atom is -0.381 e. The Morgan fingerprint density at radius 3 is 2.41 bits per heavy atom. The molecule has 5 nitrogen and oxygen atoms in total. The van der Waals surface area contributed by atoms with Crippen molar-refractivity contribution in [2.75, 3.05) is 20.8 Å². The van der Waals surface area contributed by atoms with Crippen molar-refractivity contribution in [2.45, 2.75) is 5.54 Å². The van der Waals surface area contributed by atoms with Crippen molar-refractivity contribution in [3.63, 3.8) is 0 Å². The molecule has 1 heterocycles. The van der Waals surface area contributed by atoms with Crippen molar-refractivity contribution in [2.24, 2.45) is 0 Å². The number of benzene rings is 1. The summed E-state index contributed by atoms with van der Waals surface area (Å²) in [6.45, 7) is 0.130. The highest BCUT2D eigenvalue weighted by atomic mass is 16.5. The van der Waals surface area contributed by atoms with Gasteiger partial charge >= 0.3 is 6.03 Å². The molecule has 1 fully saturated rings. The molecule has 0 bridgehead atoms. The molecule has 90 valence electrons. The van der Waals surface area contributed by atoms with Gasteiger partial charge in [-0.2, -0.15) is 0 Å².